The second-order valence-corrected chi connectivity index (χ2v) is 9.59. The van der Waals surface area contributed by atoms with Crippen LogP contribution >= 0.6 is 0 Å². The number of hydrogen-bond acceptors (Lipinski definition) is 8. The van der Waals surface area contributed by atoms with Crippen LogP contribution in [0.25, 0.3) is 0 Å². The third-order valence-electron chi connectivity index (χ3n) is 6.66. The van der Waals surface area contributed by atoms with Gasteiger partial charge in [0.15, 0.2) is 0 Å². The normalized spacial score (nSPS) is 10.4. The molecule has 45 heavy (non-hydrogen) atoms. The Morgan fingerprint density at radius 1 is 0.533 bits per heavy atom. The Balaban J connectivity index is 1.42. The standard InChI is InChI=1S/C33H26N2O10/c1-44-32(42)20-7-13-24(30(38)39)26(16-20)28(36)34-22-9-3-18(4-10-22)15-19-5-11-23(12-6-19)35-29(37)27-17-21(33(43)45-2)8-14-25(27)31(40)41/h3-14,16-17H,15H2,1-2H3,(H,34,36)(H,35,37)(H,38,39)(H,40,41). The summed E-state index contributed by atoms with van der Waals surface area (Å²) >= 11 is 0. The first-order valence-electron chi connectivity index (χ1n) is 13.2. The molecule has 0 aliphatic heterocycles. The number of anilines is 2. The van der Waals surface area contributed by atoms with Gasteiger partial charge in [-0.3, -0.25) is 9.59 Å². The fourth-order valence-corrected chi connectivity index (χ4v) is 4.37. The molecule has 0 saturated carbocycles. The van der Waals surface area contributed by atoms with Crippen LogP contribution in [0.2, 0.25) is 0 Å². The second-order valence-electron chi connectivity index (χ2n) is 9.59. The van der Waals surface area contributed by atoms with E-state index >= 15 is 0 Å². The lowest BCUT2D eigenvalue weighted by Gasteiger charge is -2.11. The molecule has 2 amide bonds. The minimum Gasteiger partial charge on any atom is -0.478 e. The van der Waals surface area contributed by atoms with Crippen molar-refractivity contribution < 1.29 is 48.5 Å². The predicted octanol–water partition coefficient (Wildman–Crippen LogP) is 4.75. The molecule has 0 bridgehead atoms. The molecule has 0 saturated heterocycles. The SMILES string of the molecule is COC(=O)c1ccc(C(=O)O)c(C(=O)Nc2ccc(Cc3ccc(NC(=O)c4cc(C(=O)OC)ccc4C(=O)O)cc3)cc2)c1. The molecule has 4 aromatic carbocycles. The van der Waals surface area contributed by atoms with Gasteiger partial charge in [-0.15, -0.1) is 0 Å². The smallest absolute Gasteiger partial charge is 0.337 e. The number of methoxy groups -OCH3 is 2. The summed E-state index contributed by atoms with van der Waals surface area (Å²) in [5.74, 6) is -5.49. The van der Waals surface area contributed by atoms with Gasteiger partial charge in [-0.25, -0.2) is 19.2 Å². The van der Waals surface area contributed by atoms with E-state index in [2.05, 4.69) is 20.1 Å². The van der Waals surface area contributed by atoms with E-state index in [0.29, 0.717) is 17.8 Å². The molecule has 4 aromatic rings. The monoisotopic (exact) mass is 610 g/mol. The Hall–Kier alpha value is -6.30. The van der Waals surface area contributed by atoms with Crippen molar-refractivity contribution in [2.75, 3.05) is 24.9 Å². The first kappa shape index (κ1) is 31.6. The van der Waals surface area contributed by atoms with Gasteiger partial charge in [0.1, 0.15) is 0 Å². The average molecular weight is 611 g/mol. The summed E-state index contributed by atoms with van der Waals surface area (Å²) in [6.45, 7) is 0. The van der Waals surface area contributed by atoms with Crippen molar-refractivity contribution in [2.45, 2.75) is 6.42 Å². The predicted molar refractivity (Wildman–Crippen MR) is 161 cm³/mol. The summed E-state index contributed by atoms with van der Waals surface area (Å²) in [6.07, 6.45) is 0.497. The van der Waals surface area contributed by atoms with Crippen molar-refractivity contribution in [2.24, 2.45) is 0 Å². The molecule has 0 spiro atoms. The molecule has 0 radical (unpaired) electrons. The molecule has 4 N–H and O–H groups in total. The van der Waals surface area contributed by atoms with E-state index < -0.39 is 35.7 Å². The minimum atomic E-state index is -1.32. The van der Waals surface area contributed by atoms with E-state index in [9.17, 15) is 39.0 Å². The number of hydrogen-bond donors (Lipinski definition) is 4. The van der Waals surface area contributed by atoms with Crippen LogP contribution in [0.3, 0.4) is 0 Å². The van der Waals surface area contributed by atoms with Crippen molar-refractivity contribution in [1.29, 1.82) is 0 Å². The summed E-state index contributed by atoms with van der Waals surface area (Å²) in [5.41, 5.74) is 1.70. The van der Waals surface area contributed by atoms with E-state index in [0.717, 1.165) is 23.3 Å². The number of benzene rings is 4. The highest BCUT2D eigenvalue weighted by atomic mass is 16.5. The Morgan fingerprint density at radius 2 is 0.889 bits per heavy atom. The molecule has 4 rings (SSSR count). The Bertz CT molecular complexity index is 1680. The minimum absolute atomic E-state index is 0.0337. The highest BCUT2D eigenvalue weighted by Gasteiger charge is 2.21. The average Bonchev–Trinajstić information content (AvgIpc) is 3.05. The van der Waals surface area contributed by atoms with Gasteiger partial charge < -0.3 is 30.3 Å². The zero-order valence-electron chi connectivity index (χ0n) is 24.0. The van der Waals surface area contributed by atoms with Gasteiger partial charge in [0.05, 0.1) is 47.6 Å². The maximum atomic E-state index is 12.9. The van der Waals surface area contributed by atoms with Crippen molar-refractivity contribution in [3.8, 4) is 0 Å². The number of carboxylic acid groups (broad SMARTS) is 2. The van der Waals surface area contributed by atoms with E-state index in [1.54, 1.807) is 48.5 Å². The molecule has 0 aliphatic carbocycles. The number of carbonyl (C=O) groups is 6. The molecule has 0 atom stereocenters. The van der Waals surface area contributed by atoms with Crippen LogP contribution in [0.4, 0.5) is 11.4 Å². The second kappa shape index (κ2) is 13.8. The maximum absolute atomic E-state index is 12.9. The molecule has 228 valence electrons. The lowest BCUT2D eigenvalue weighted by molar-refractivity contribution is 0.0591. The molecular formula is C33H26N2O10. The van der Waals surface area contributed by atoms with Crippen molar-refractivity contribution in [1.82, 2.24) is 0 Å². The van der Waals surface area contributed by atoms with Crippen molar-refractivity contribution >= 4 is 47.1 Å². The topological polar surface area (TPSA) is 185 Å². The zero-order valence-corrected chi connectivity index (χ0v) is 24.0. The highest BCUT2D eigenvalue weighted by Crippen LogP contribution is 2.20. The number of rotatable bonds is 10. The quantitative estimate of drug-likeness (QED) is 0.183. The summed E-state index contributed by atoms with van der Waals surface area (Å²) < 4.78 is 9.30. The van der Waals surface area contributed by atoms with Crippen LogP contribution in [-0.4, -0.2) is 60.1 Å². The van der Waals surface area contributed by atoms with Gasteiger partial charge in [0.25, 0.3) is 11.8 Å². The molecule has 0 aromatic heterocycles. The van der Waals surface area contributed by atoms with Crippen LogP contribution in [-0.2, 0) is 15.9 Å². The van der Waals surface area contributed by atoms with E-state index in [1.165, 1.54) is 38.5 Å². The summed E-state index contributed by atoms with van der Waals surface area (Å²) in [4.78, 5) is 72.7. The van der Waals surface area contributed by atoms with Crippen LogP contribution in [0.15, 0.2) is 84.9 Å². The van der Waals surface area contributed by atoms with Gasteiger partial charge >= 0.3 is 23.9 Å². The number of carboxylic acids is 2. The zero-order chi connectivity index (χ0) is 32.7. The van der Waals surface area contributed by atoms with Crippen LogP contribution in [0.1, 0.15) is 73.3 Å². The van der Waals surface area contributed by atoms with E-state index in [1.807, 2.05) is 0 Å². The lowest BCUT2D eigenvalue weighted by Crippen LogP contribution is -2.18. The third kappa shape index (κ3) is 7.56. The molecule has 0 aliphatic rings. The summed E-state index contributed by atoms with van der Waals surface area (Å²) in [5, 5.41) is 24.2. The summed E-state index contributed by atoms with van der Waals surface area (Å²) in [6, 6.07) is 20.9. The van der Waals surface area contributed by atoms with Gasteiger partial charge in [0.2, 0.25) is 0 Å². The number of esters is 2. The van der Waals surface area contributed by atoms with Gasteiger partial charge in [-0.2, -0.15) is 0 Å². The fraction of sp³-hybridized carbons (Fsp3) is 0.0909. The molecule has 0 unspecified atom stereocenters. The van der Waals surface area contributed by atoms with E-state index in [-0.39, 0.29) is 33.4 Å². The maximum Gasteiger partial charge on any atom is 0.337 e. The number of carbonyl (C=O) groups excluding carboxylic acids is 4. The highest BCUT2D eigenvalue weighted by molar-refractivity contribution is 6.13. The Morgan fingerprint density at radius 3 is 1.20 bits per heavy atom. The molecule has 0 heterocycles. The molecule has 12 heteroatoms. The number of aromatic carboxylic acids is 2. The van der Waals surface area contributed by atoms with Crippen molar-refractivity contribution in [3.05, 3.63) is 129 Å². The Labute approximate surface area is 256 Å². The fourth-order valence-electron chi connectivity index (χ4n) is 4.37. The number of amides is 2. The van der Waals surface area contributed by atoms with Crippen LogP contribution < -0.4 is 10.6 Å². The molecular weight excluding hydrogens is 584 g/mol. The van der Waals surface area contributed by atoms with Gasteiger partial charge in [-0.1, -0.05) is 24.3 Å². The largest absolute Gasteiger partial charge is 0.478 e. The van der Waals surface area contributed by atoms with Gasteiger partial charge in [-0.05, 0) is 78.2 Å². The molecule has 12 nitrogen and oxygen atoms in total. The van der Waals surface area contributed by atoms with E-state index in [4.69, 9.17) is 0 Å². The first-order valence-corrected chi connectivity index (χ1v) is 13.2. The summed E-state index contributed by atoms with van der Waals surface area (Å²) in [7, 11) is 2.35. The lowest BCUT2D eigenvalue weighted by atomic mass is 10.0. The number of ether oxygens (including phenoxy) is 2. The van der Waals surface area contributed by atoms with Crippen LogP contribution in [0.5, 0.6) is 0 Å². The Kier molecular flexibility index (Phi) is 9.69. The third-order valence-corrected chi connectivity index (χ3v) is 6.66. The van der Waals surface area contributed by atoms with Crippen molar-refractivity contribution in [3.63, 3.8) is 0 Å². The number of nitrogens with one attached hydrogen (secondary N) is 2. The first-order chi connectivity index (χ1) is 21.5. The van der Waals surface area contributed by atoms with Gasteiger partial charge in [0, 0.05) is 11.4 Å². The molecule has 0 fully saturated rings. The van der Waals surface area contributed by atoms with Crippen LogP contribution in [0, 0.1) is 0 Å².